The van der Waals surface area contributed by atoms with Gasteiger partial charge in [0.05, 0.1) is 6.54 Å². The smallest absolute Gasteiger partial charge is 0.128 e. The van der Waals surface area contributed by atoms with E-state index in [4.69, 9.17) is 16.5 Å². The van der Waals surface area contributed by atoms with E-state index in [0.717, 1.165) is 49.7 Å². The van der Waals surface area contributed by atoms with Gasteiger partial charge < -0.3 is 16.8 Å². The predicted octanol–water partition coefficient (Wildman–Crippen LogP) is 0.905. The van der Waals surface area contributed by atoms with Crippen molar-refractivity contribution in [3.8, 4) is 0 Å². The Bertz CT molecular complexity index is 447. The van der Waals surface area contributed by atoms with Gasteiger partial charge in [-0.15, -0.1) is 0 Å². The van der Waals surface area contributed by atoms with Crippen LogP contribution in [0.3, 0.4) is 0 Å². The number of benzene rings is 1. The third kappa shape index (κ3) is 6.39. The molecule has 0 saturated heterocycles. The molecule has 1 aromatic carbocycles. The molecule has 1 aromatic rings. The lowest BCUT2D eigenvalue weighted by molar-refractivity contribution is 0.297. The van der Waals surface area contributed by atoms with Crippen LogP contribution in [0.25, 0.3) is 6.08 Å². The molecule has 0 radical (unpaired) electrons. The normalized spacial score (nSPS) is 11.7. The zero-order chi connectivity index (χ0) is 16.2. The number of hydrogen-bond donors (Lipinski definition) is 3. The summed E-state index contributed by atoms with van der Waals surface area (Å²) in [4.78, 5) is 6.94. The maximum absolute atomic E-state index is 5.62. The summed E-state index contributed by atoms with van der Waals surface area (Å²) >= 11 is 0. The van der Waals surface area contributed by atoms with Gasteiger partial charge in [0.1, 0.15) is 5.84 Å². The molecule has 0 heterocycles. The van der Waals surface area contributed by atoms with Crippen LogP contribution in [-0.4, -0.2) is 56.5 Å². The number of nitrogens with zero attached hydrogens (tertiary/aromatic N) is 2. The largest absolute Gasteiger partial charge is 0.370 e. The fourth-order valence-corrected chi connectivity index (χ4v) is 2.20. The Labute approximate surface area is 134 Å². The second kappa shape index (κ2) is 11.0. The second-order valence-corrected chi connectivity index (χ2v) is 5.01. The fourth-order valence-electron chi connectivity index (χ4n) is 2.20. The first-order valence-corrected chi connectivity index (χ1v) is 7.88. The molecule has 0 fully saturated rings. The minimum absolute atomic E-state index is 0.646. The third-order valence-electron chi connectivity index (χ3n) is 3.34. The predicted molar refractivity (Wildman–Crippen MR) is 96.2 cm³/mol. The minimum Gasteiger partial charge on any atom is -0.370 e. The number of amidine groups is 1. The van der Waals surface area contributed by atoms with Crippen LogP contribution < -0.4 is 16.8 Å². The van der Waals surface area contributed by atoms with Crippen LogP contribution in [0.1, 0.15) is 18.1 Å². The summed E-state index contributed by atoms with van der Waals surface area (Å²) < 4.78 is 0. The monoisotopic (exact) mass is 303 g/mol. The molecule has 0 bridgehead atoms. The first-order valence-electron chi connectivity index (χ1n) is 7.88. The summed E-state index contributed by atoms with van der Waals surface area (Å²) in [5, 5.41) is 3.33. The van der Waals surface area contributed by atoms with E-state index >= 15 is 0 Å². The molecular formula is C17H29N5. The lowest BCUT2D eigenvalue weighted by atomic mass is 10.1. The van der Waals surface area contributed by atoms with E-state index in [1.54, 1.807) is 0 Å². The van der Waals surface area contributed by atoms with Gasteiger partial charge in [0.2, 0.25) is 0 Å². The zero-order valence-electron chi connectivity index (χ0n) is 13.6. The van der Waals surface area contributed by atoms with Crippen molar-refractivity contribution >= 4 is 11.9 Å². The summed E-state index contributed by atoms with van der Waals surface area (Å²) in [6, 6.07) is 8.22. The highest BCUT2D eigenvalue weighted by molar-refractivity contribution is 5.98. The van der Waals surface area contributed by atoms with Gasteiger partial charge in [-0.3, -0.25) is 9.89 Å². The highest BCUT2D eigenvalue weighted by Gasteiger charge is 2.04. The highest BCUT2D eigenvalue weighted by atomic mass is 15.1. The third-order valence-corrected chi connectivity index (χ3v) is 3.34. The van der Waals surface area contributed by atoms with Gasteiger partial charge in [0.15, 0.2) is 0 Å². The number of hydrogen-bond acceptors (Lipinski definition) is 4. The van der Waals surface area contributed by atoms with E-state index in [1.807, 2.05) is 18.2 Å². The van der Waals surface area contributed by atoms with E-state index in [1.165, 1.54) is 0 Å². The molecule has 22 heavy (non-hydrogen) atoms. The average molecular weight is 303 g/mol. The molecule has 0 unspecified atom stereocenters. The summed E-state index contributed by atoms with van der Waals surface area (Å²) in [5.74, 6) is 0.929. The van der Waals surface area contributed by atoms with Crippen molar-refractivity contribution < 1.29 is 0 Å². The van der Waals surface area contributed by atoms with Gasteiger partial charge in [-0.05, 0) is 12.5 Å². The quantitative estimate of drug-likeness (QED) is 0.443. The maximum atomic E-state index is 5.62. The molecule has 0 atom stereocenters. The van der Waals surface area contributed by atoms with Crippen molar-refractivity contribution in [3.05, 3.63) is 42.0 Å². The Morgan fingerprint density at radius 2 is 1.82 bits per heavy atom. The van der Waals surface area contributed by atoms with Gasteiger partial charge in [0.25, 0.3) is 0 Å². The van der Waals surface area contributed by atoms with E-state index < -0.39 is 0 Å². The van der Waals surface area contributed by atoms with Gasteiger partial charge in [-0.1, -0.05) is 36.9 Å². The van der Waals surface area contributed by atoms with Crippen molar-refractivity contribution in [3.63, 3.8) is 0 Å². The van der Waals surface area contributed by atoms with Crippen LogP contribution in [0.2, 0.25) is 0 Å². The van der Waals surface area contributed by atoms with E-state index in [9.17, 15) is 0 Å². The first-order chi connectivity index (χ1) is 10.7. The average Bonchev–Trinajstić information content (AvgIpc) is 2.54. The molecule has 0 aliphatic carbocycles. The molecule has 5 N–H and O–H groups in total. The van der Waals surface area contributed by atoms with Crippen LogP contribution in [0.15, 0.2) is 35.8 Å². The van der Waals surface area contributed by atoms with Crippen LogP contribution in [-0.2, 0) is 0 Å². The van der Waals surface area contributed by atoms with Crippen molar-refractivity contribution in [2.75, 3.05) is 45.8 Å². The van der Waals surface area contributed by atoms with Crippen molar-refractivity contribution in [1.29, 1.82) is 0 Å². The topological polar surface area (TPSA) is 79.7 Å². The molecular weight excluding hydrogens is 274 g/mol. The van der Waals surface area contributed by atoms with Crippen LogP contribution in [0.5, 0.6) is 0 Å². The molecule has 122 valence electrons. The molecule has 0 aromatic heterocycles. The first kappa shape index (κ1) is 18.4. The SMILES string of the molecule is C=Cc1ccc(C(=NCCN(CCN)CCN)NCC)cc1. The summed E-state index contributed by atoms with van der Waals surface area (Å²) in [6.07, 6.45) is 1.84. The van der Waals surface area contributed by atoms with E-state index in [2.05, 4.69) is 35.9 Å². The molecule has 0 spiro atoms. The standard InChI is InChI=1S/C17H29N5/c1-3-15-5-7-16(8-6-15)17(20-4-2)21-11-14-22(12-9-18)13-10-19/h3,5-8H,1,4,9-14,18-19H2,2H3,(H,20,21). The molecule has 5 heteroatoms. The van der Waals surface area contributed by atoms with Crippen molar-refractivity contribution in [2.45, 2.75) is 6.92 Å². The molecule has 0 amide bonds. The second-order valence-electron chi connectivity index (χ2n) is 5.01. The van der Waals surface area contributed by atoms with E-state index in [-0.39, 0.29) is 0 Å². The molecule has 0 saturated carbocycles. The Kier molecular flexibility index (Phi) is 9.14. The molecule has 0 aliphatic rings. The molecule has 0 aliphatic heterocycles. The number of nitrogens with two attached hydrogens (primary N) is 2. The minimum atomic E-state index is 0.646. The Balaban J connectivity index is 2.69. The maximum Gasteiger partial charge on any atom is 0.128 e. The summed E-state index contributed by atoms with van der Waals surface area (Å²) in [5.41, 5.74) is 13.4. The Morgan fingerprint density at radius 1 is 1.18 bits per heavy atom. The Morgan fingerprint density at radius 3 is 2.32 bits per heavy atom. The van der Waals surface area contributed by atoms with Crippen LogP contribution in [0.4, 0.5) is 0 Å². The zero-order valence-corrected chi connectivity index (χ0v) is 13.6. The van der Waals surface area contributed by atoms with Gasteiger partial charge in [0, 0.05) is 44.8 Å². The van der Waals surface area contributed by atoms with Crippen molar-refractivity contribution in [1.82, 2.24) is 10.2 Å². The van der Waals surface area contributed by atoms with Gasteiger partial charge in [-0.2, -0.15) is 0 Å². The molecule has 1 rings (SSSR count). The van der Waals surface area contributed by atoms with Crippen molar-refractivity contribution in [2.24, 2.45) is 16.5 Å². The van der Waals surface area contributed by atoms with Gasteiger partial charge in [-0.25, -0.2) is 0 Å². The number of aliphatic imine (C=N–C) groups is 1. The van der Waals surface area contributed by atoms with E-state index in [0.29, 0.717) is 13.1 Å². The molecule has 5 nitrogen and oxygen atoms in total. The fraction of sp³-hybridized carbons (Fsp3) is 0.471. The lowest BCUT2D eigenvalue weighted by Crippen LogP contribution is -2.36. The lowest BCUT2D eigenvalue weighted by Gasteiger charge is -2.19. The van der Waals surface area contributed by atoms with Crippen LogP contribution >= 0.6 is 0 Å². The summed E-state index contributed by atoms with van der Waals surface area (Å²) in [6.45, 7) is 11.3. The van der Waals surface area contributed by atoms with Crippen LogP contribution in [0, 0.1) is 0 Å². The highest BCUT2D eigenvalue weighted by Crippen LogP contribution is 2.06. The Hall–Kier alpha value is -1.69. The number of nitrogens with one attached hydrogen (secondary N) is 1. The number of rotatable bonds is 10. The summed E-state index contributed by atoms with van der Waals surface area (Å²) in [7, 11) is 0. The van der Waals surface area contributed by atoms with Gasteiger partial charge >= 0.3 is 0 Å².